The molecule has 1 aliphatic rings. The number of nitrogens with zero attached hydrogens (tertiary/aromatic N) is 2. The highest BCUT2D eigenvalue weighted by molar-refractivity contribution is 6.46. The van der Waals surface area contributed by atoms with Gasteiger partial charge in [0.1, 0.15) is 29.1 Å². The van der Waals surface area contributed by atoms with E-state index in [2.05, 4.69) is 0 Å². The maximum atomic E-state index is 13.8. The molecule has 0 bridgehead atoms. The minimum atomic E-state index is -0.903. The number of Topliss-reactive ketones (excluding diaryl/α,β-unsaturated/α-hetero) is 1. The smallest absolute Gasteiger partial charge is 0.295 e. The van der Waals surface area contributed by atoms with Gasteiger partial charge in [0.05, 0.1) is 24.5 Å². The highest BCUT2D eigenvalue weighted by atomic mass is 19.1. The van der Waals surface area contributed by atoms with Crippen LogP contribution in [0.4, 0.5) is 4.39 Å². The highest BCUT2D eigenvalue weighted by Gasteiger charge is 2.47. The molecule has 8 heteroatoms. The van der Waals surface area contributed by atoms with Crippen LogP contribution in [0.1, 0.15) is 23.8 Å². The van der Waals surface area contributed by atoms with E-state index in [-0.39, 0.29) is 16.9 Å². The summed E-state index contributed by atoms with van der Waals surface area (Å²) in [5, 5.41) is 10.9. The summed E-state index contributed by atoms with van der Waals surface area (Å²) in [6.07, 6.45) is 2.05. The molecule has 1 amide bonds. The standard InChI is InChI=1S/C21H23FN2O5/c1-23(2)9-5-10-24-18(16-6-4-11-29-16)17(20(26)21(24)27)19(25)14-12-13(22)7-8-15(14)28-3/h4,6-8,11-12,18,25H,5,9-10H2,1-3H3/t18-/m0/s1. The molecule has 1 saturated heterocycles. The van der Waals surface area contributed by atoms with Crippen LogP contribution in [0.5, 0.6) is 5.75 Å². The van der Waals surface area contributed by atoms with Crippen molar-refractivity contribution in [2.24, 2.45) is 0 Å². The fourth-order valence-corrected chi connectivity index (χ4v) is 3.42. The first-order valence-electron chi connectivity index (χ1n) is 9.15. The van der Waals surface area contributed by atoms with E-state index >= 15 is 0 Å². The van der Waals surface area contributed by atoms with Gasteiger partial charge in [-0.2, -0.15) is 0 Å². The average Bonchev–Trinajstić information content (AvgIpc) is 3.29. The highest BCUT2D eigenvalue weighted by Crippen LogP contribution is 2.41. The van der Waals surface area contributed by atoms with Gasteiger partial charge in [-0.25, -0.2) is 4.39 Å². The van der Waals surface area contributed by atoms with Crippen LogP contribution in [-0.2, 0) is 9.59 Å². The molecule has 7 nitrogen and oxygen atoms in total. The molecular weight excluding hydrogens is 379 g/mol. The number of halogens is 1. The minimum Gasteiger partial charge on any atom is -0.507 e. The third-order valence-electron chi connectivity index (χ3n) is 4.77. The summed E-state index contributed by atoms with van der Waals surface area (Å²) in [5.41, 5.74) is -0.158. The zero-order chi connectivity index (χ0) is 21.1. The van der Waals surface area contributed by atoms with Gasteiger partial charge in [-0.05, 0) is 57.4 Å². The number of carbonyl (C=O) groups is 2. The normalized spacial score (nSPS) is 18.7. The van der Waals surface area contributed by atoms with E-state index in [1.54, 1.807) is 12.1 Å². The molecule has 1 aromatic heterocycles. The summed E-state index contributed by atoms with van der Waals surface area (Å²) in [4.78, 5) is 28.9. The molecule has 1 atom stereocenters. The van der Waals surface area contributed by atoms with Crippen molar-refractivity contribution in [3.05, 3.63) is 59.3 Å². The Morgan fingerprint density at radius 3 is 2.69 bits per heavy atom. The SMILES string of the molecule is COc1ccc(F)cc1C(O)=C1C(=O)C(=O)N(CCCN(C)C)[C@H]1c1ccco1. The average molecular weight is 402 g/mol. The van der Waals surface area contributed by atoms with Crippen molar-refractivity contribution < 1.29 is 28.2 Å². The van der Waals surface area contributed by atoms with Gasteiger partial charge < -0.3 is 24.1 Å². The number of aliphatic hydroxyl groups is 1. The molecule has 0 spiro atoms. The molecule has 154 valence electrons. The lowest BCUT2D eigenvalue weighted by atomic mass is 9.98. The van der Waals surface area contributed by atoms with Gasteiger partial charge in [-0.15, -0.1) is 0 Å². The molecule has 0 radical (unpaired) electrons. The number of benzene rings is 1. The third kappa shape index (κ3) is 4.02. The van der Waals surface area contributed by atoms with Crippen molar-refractivity contribution >= 4 is 17.4 Å². The van der Waals surface area contributed by atoms with Gasteiger partial charge in [0.15, 0.2) is 0 Å². The summed E-state index contributed by atoms with van der Waals surface area (Å²) in [6, 6.07) is 5.95. The van der Waals surface area contributed by atoms with Crippen LogP contribution in [0.25, 0.3) is 5.76 Å². The Morgan fingerprint density at radius 2 is 2.07 bits per heavy atom. The van der Waals surface area contributed by atoms with E-state index in [0.29, 0.717) is 25.3 Å². The number of ether oxygens (including phenoxy) is 1. The molecule has 0 aliphatic carbocycles. The van der Waals surface area contributed by atoms with Gasteiger partial charge in [-0.1, -0.05) is 0 Å². The Hall–Kier alpha value is -3.13. The molecule has 1 aliphatic heterocycles. The predicted octanol–water partition coefficient (Wildman–Crippen LogP) is 2.80. The first-order valence-corrected chi connectivity index (χ1v) is 9.15. The topological polar surface area (TPSA) is 83.2 Å². The largest absolute Gasteiger partial charge is 0.507 e. The number of methoxy groups -OCH3 is 1. The van der Waals surface area contributed by atoms with E-state index in [4.69, 9.17) is 9.15 Å². The van der Waals surface area contributed by atoms with Crippen molar-refractivity contribution in [2.45, 2.75) is 12.5 Å². The number of hydrogen-bond acceptors (Lipinski definition) is 6. The Labute approximate surface area is 168 Å². The van der Waals surface area contributed by atoms with Crippen LogP contribution >= 0.6 is 0 Å². The number of amides is 1. The number of aliphatic hydroxyl groups excluding tert-OH is 1. The van der Waals surface area contributed by atoms with E-state index in [1.807, 2.05) is 19.0 Å². The Kier molecular flexibility index (Phi) is 6.03. The maximum absolute atomic E-state index is 13.8. The van der Waals surface area contributed by atoms with Crippen LogP contribution in [0.3, 0.4) is 0 Å². The molecule has 1 fully saturated rings. The molecule has 2 aromatic rings. The molecule has 0 unspecified atom stereocenters. The summed E-state index contributed by atoms with van der Waals surface area (Å²) in [6.45, 7) is 1.01. The summed E-state index contributed by atoms with van der Waals surface area (Å²) in [7, 11) is 5.19. The fraction of sp³-hybridized carbons (Fsp3) is 0.333. The zero-order valence-electron chi connectivity index (χ0n) is 16.5. The second-order valence-corrected chi connectivity index (χ2v) is 7.01. The predicted molar refractivity (Wildman–Crippen MR) is 104 cm³/mol. The Morgan fingerprint density at radius 1 is 1.31 bits per heavy atom. The van der Waals surface area contributed by atoms with Gasteiger partial charge >= 0.3 is 0 Å². The first kappa shape index (κ1) is 20.6. The lowest BCUT2D eigenvalue weighted by molar-refractivity contribution is -0.140. The molecule has 29 heavy (non-hydrogen) atoms. The van der Waals surface area contributed by atoms with Crippen molar-refractivity contribution in [1.82, 2.24) is 9.80 Å². The number of hydrogen-bond donors (Lipinski definition) is 1. The van der Waals surface area contributed by atoms with Gasteiger partial charge in [0.2, 0.25) is 0 Å². The molecule has 0 saturated carbocycles. The van der Waals surface area contributed by atoms with Crippen LogP contribution in [-0.4, -0.2) is 60.9 Å². The zero-order valence-corrected chi connectivity index (χ0v) is 16.5. The van der Waals surface area contributed by atoms with Gasteiger partial charge in [-0.3, -0.25) is 9.59 Å². The number of ketones is 1. The fourth-order valence-electron chi connectivity index (χ4n) is 3.42. The number of rotatable bonds is 7. The lowest BCUT2D eigenvalue weighted by Crippen LogP contribution is -2.32. The second kappa shape index (κ2) is 8.48. The van der Waals surface area contributed by atoms with Crippen LogP contribution in [0, 0.1) is 5.82 Å². The molecule has 1 N–H and O–H groups in total. The van der Waals surface area contributed by atoms with Gasteiger partial charge in [0.25, 0.3) is 11.7 Å². The lowest BCUT2D eigenvalue weighted by Gasteiger charge is -2.24. The Bertz CT molecular complexity index is 937. The van der Waals surface area contributed by atoms with E-state index in [1.165, 1.54) is 30.4 Å². The maximum Gasteiger partial charge on any atom is 0.295 e. The summed E-state index contributed by atoms with van der Waals surface area (Å²) >= 11 is 0. The molecule has 2 heterocycles. The van der Waals surface area contributed by atoms with Crippen molar-refractivity contribution in [1.29, 1.82) is 0 Å². The Balaban J connectivity index is 2.10. The molecule has 3 rings (SSSR count). The van der Waals surface area contributed by atoms with E-state index in [9.17, 15) is 19.1 Å². The van der Waals surface area contributed by atoms with Crippen molar-refractivity contribution in [3.8, 4) is 5.75 Å². The molecule has 1 aromatic carbocycles. The van der Waals surface area contributed by atoms with Crippen molar-refractivity contribution in [2.75, 3.05) is 34.3 Å². The third-order valence-corrected chi connectivity index (χ3v) is 4.77. The van der Waals surface area contributed by atoms with Gasteiger partial charge in [0, 0.05) is 6.54 Å². The van der Waals surface area contributed by atoms with Crippen LogP contribution in [0.15, 0.2) is 46.6 Å². The minimum absolute atomic E-state index is 0.00431. The number of furan rings is 1. The number of likely N-dealkylation sites (tertiary alicyclic amines) is 1. The van der Waals surface area contributed by atoms with Crippen LogP contribution in [0.2, 0.25) is 0 Å². The first-order chi connectivity index (χ1) is 13.8. The van der Waals surface area contributed by atoms with E-state index in [0.717, 1.165) is 6.07 Å². The van der Waals surface area contributed by atoms with Crippen molar-refractivity contribution in [3.63, 3.8) is 0 Å². The number of carbonyl (C=O) groups excluding carboxylic acids is 2. The van der Waals surface area contributed by atoms with E-state index < -0.39 is 29.3 Å². The quantitative estimate of drug-likeness (QED) is 0.436. The summed E-state index contributed by atoms with van der Waals surface area (Å²) < 4.78 is 24.5. The second-order valence-electron chi connectivity index (χ2n) is 7.01. The van der Waals surface area contributed by atoms with Crippen LogP contribution < -0.4 is 4.74 Å². The summed E-state index contributed by atoms with van der Waals surface area (Å²) in [5.74, 6) is -2.17. The monoisotopic (exact) mass is 402 g/mol. The molecular formula is C21H23FN2O5.